The summed E-state index contributed by atoms with van der Waals surface area (Å²) >= 11 is 6.53. The van der Waals surface area contributed by atoms with Crippen LogP contribution in [0, 0.1) is 5.92 Å². The average molecular weight is 547 g/mol. The molecule has 2 N–H and O–H groups in total. The molecule has 1 aliphatic rings. The molecular weight excluding hydrogens is 522 g/mol. The molecule has 4 aromatic rings. The van der Waals surface area contributed by atoms with E-state index in [1.54, 1.807) is 54.6 Å². The quantitative estimate of drug-likeness (QED) is 0.248. The molecule has 10 heteroatoms. The van der Waals surface area contributed by atoms with Crippen LogP contribution in [0.2, 0.25) is 5.02 Å². The van der Waals surface area contributed by atoms with Gasteiger partial charge >= 0.3 is 6.61 Å². The number of imidazole rings is 1. The molecule has 1 saturated carbocycles. The zero-order chi connectivity index (χ0) is 26.2. The molecule has 3 aromatic carbocycles. The Morgan fingerprint density at radius 1 is 1.08 bits per heavy atom. The molecule has 6 nitrogen and oxygen atoms in total. The molecular formula is C27H25ClF2N2O4S. The van der Waals surface area contributed by atoms with Crippen molar-refractivity contribution in [1.82, 2.24) is 9.97 Å². The second kappa shape index (κ2) is 10.4. The Morgan fingerprint density at radius 3 is 2.49 bits per heavy atom. The number of para-hydroxylation sites is 1. The highest BCUT2D eigenvalue weighted by molar-refractivity contribution is 7.91. The number of nitrogens with zero attached hydrogens (tertiary/aromatic N) is 1. The Labute approximate surface area is 218 Å². The second-order valence-electron chi connectivity index (χ2n) is 9.20. The standard InChI is InChI=1S/C27H25ClF2N2O4S/c28-22-14-24-23(13-21(22)20-3-1-2-4-25(20)36-27(29)30)31-26(32-24)19(11-12-33)17-7-9-18(10-8-17)37(34,35)15-16-5-6-16/h1-4,7-10,13-14,16,19,27,33H,5-6,11-12,15H2,(H,31,32)/t19-/m1/s1. The Morgan fingerprint density at radius 2 is 1.81 bits per heavy atom. The van der Waals surface area contributed by atoms with Crippen molar-refractivity contribution >= 4 is 32.5 Å². The van der Waals surface area contributed by atoms with Gasteiger partial charge in [0.1, 0.15) is 11.6 Å². The maximum Gasteiger partial charge on any atom is 0.387 e. The van der Waals surface area contributed by atoms with Crippen molar-refractivity contribution in [3.63, 3.8) is 0 Å². The van der Waals surface area contributed by atoms with E-state index in [4.69, 9.17) is 16.6 Å². The zero-order valence-electron chi connectivity index (χ0n) is 19.7. The van der Waals surface area contributed by atoms with Crippen LogP contribution in [0.4, 0.5) is 8.78 Å². The minimum absolute atomic E-state index is 0.00407. The molecule has 1 heterocycles. The summed E-state index contributed by atoms with van der Waals surface area (Å²) in [6, 6.07) is 16.5. The average Bonchev–Trinajstić information content (AvgIpc) is 3.57. The smallest absolute Gasteiger partial charge is 0.387 e. The fourth-order valence-corrected chi connectivity index (χ4v) is 6.46. The third kappa shape index (κ3) is 5.63. The van der Waals surface area contributed by atoms with Crippen LogP contribution in [-0.2, 0) is 9.84 Å². The van der Waals surface area contributed by atoms with Crippen molar-refractivity contribution < 1.29 is 27.0 Å². The molecule has 0 radical (unpaired) electrons. The number of rotatable bonds is 10. The number of ether oxygens (including phenoxy) is 1. The fraction of sp³-hybridized carbons (Fsp3) is 0.296. The normalized spacial score (nSPS) is 14.8. The maximum atomic E-state index is 12.9. The van der Waals surface area contributed by atoms with Gasteiger partial charge in [-0.15, -0.1) is 0 Å². The summed E-state index contributed by atoms with van der Waals surface area (Å²) in [5, 5.41) is 10.1. The Kier molecular flexibility index (Phi) is 7.20. The maximum absolute atomic E-state index is 12.9. The minimum atomic E-state index is -3.33. The number of aromatic amines is 1. The summed E-state index contributed by atoms with van der Waals surface area (Å²) in [6.45, 7) is -3.08. The van der Waals surface area contributed by atoms with E-state index in [1.807, 2.05) is 0 Å². The van der Waals surface area contributed by atoms with Gasteiger partial charge in [0.15, 0.2) is 9.84 Å². The van der Waals surface area contributed by atoms with Gasteiger partial charge in [0.25, 0.3) is 0 Å². The number of hydrogen-bond acceptors (Lipinski definition) is 5. The minimum Gasteiger partial charge on any atom is -0.434 e. The molecule has 1 fully saturated rings. The first-order chi connectivity index (χ1) is 17.7. The lowest BCUT2D eigenvalue weighted by molar-refractivity contribution is -0.0494. The van der Waals surface area contributed by atoms with Crippen LogP contribution in [0.1, 0.15) is 36.6 Å². The largest absolute Gasteiger partial charge is 0.434 e. The Balaban J connectivity index is 1.49. The number of nitrogens with one attached hydrogen (secondary N) is 1. The first kappa shape index (κ1) is 25.6. The molecule has 0 unspecified atom stereocenters. The third-order valence-corrected chi connectivity index (χ3v) is 8.74. The number of alkyl halides is 2. The number of sulfone groups is 1. The summed E-state index contributed by atoms with van der Waals surface area (Å²) in [4.78, 5) is 8.25. The number of H-pyrrole nitrogens is 1. The zero-order valence-corrected chi connectivity index (χ0v) is 21.3. The molecule has 194 valence electrons. The van der Waals surface area contributed by atoms with E-state index in [-0.39, 0.29) is 34.8 Å². The van der Waals surface area contributed by atoms with E-state index in [0.29, 0.717) is 39.4 Å². The van der Waals surface area contributed by atoms with E-state index < -0.39 is 16.4 Å². The second-order valence-corrected chi connectivity index (χ2v) is 11.6. The lowest BCUT2D eigenvalue weighted by Crippen LogP contribution is -2.10. The molecule has 5 rings (SSSR count). The predicted octanol–water partition coefficient (Wildman–Crippen LogP) is 6.18. The van der Waals surface area contributed by atoms with Crippen LogP contribution >= 0.6 is 11.6 Å². The van der Waals surface area contributed by atoms with Gasteiger partial charge in [-0.05, 0) is 61.1 Å². The summed E-state index contributed by atoms with van der Waals surface area (Å²) in [5.74, 6) is 0.680. The van der Waals surface area contributed by atoms with Crippen LogP contribution < -0.4 is 4.74 Å². The lowest BCUT2D eigenvalue weighted by Gasteiger charge is -2.14. The summed E-state index contributed by atoms with van der Waals surface area (Å²) < 4.78 is 55.7. The van der Waals surface area contributed by atoms with Crippen molar-refractivity contribution in [1.29, 1.82) is 0 Å². The van der Waals surface area contributed by atoms with Crippen LogP contribution in [0.15, 0.2) is 65.6 Å². The molecule has 1 aromatic heterocycles. The molecule has 1 aliphatic carbocycles. The molecule has 1 atom stereocenters. The van der Waals surface area contributed by atoms with E-state index >= 15 is 0 Å². The molecule has 37 heavy (non-hydrogen) atoms. The van der Waals surface area contributed by atoms with Crippen LogP contribution in [-0.4, -0.2) is 42.5 Å². The molecule has 0 aliphatic heterocycles. The van der Waals surface area contributed by atoms with Gasteiger partial charge in [-0.1, -0.05) is 41.9 Å². The number of aliphatic hydroxyl groups is 1. The van der Waals surface area contributed by atoms with Gasteiger partial charge in [0.05, 0.1) is 26.7 Å². The van der Waals surface area contributed by atoms with Gasteiger partial charge in [-0.2, -0.15) is 8.78 Å². The van der Waals surface area contributed by atoms with Crippen molar-refractivity contribution in [3.8, 4) is 16.9 Å². The number of benzene rings is 3. The van der Waals surface area contributed by atoms with Gasteiger partial charge in [-0.25, -0.2) is 13.4 Å². The molecule has 0 saturated heterocycles. The summed E-state index contributed by atoms with van der Waals surface area (Å²) in [5.41, 5.74) is 2.91. The van der Waals surface area contributed by atoms with Gasteiger partial charge in [0.2, 0.25) is 0 Å². The van der Waals surface area contributed by atoms with Gasteiger partial charge in [0, 0.05) is 23.7 Å². The van der Waals surface area contributed by atoms with Crippen LogP contribution in [0.5, 0.6) is 5.75 Å². The third-order valence-electron chi connectivity index (χ3n) is 6.52. The first-order valence-corrected chi connectivity index (χ1v) is 13.9. The number of aromatic nitrogens is 2. The van der Waals surface area contributed by atoms with E-state index in [9.17, 15) is 22.3 Å². The van der Waals surface area contributed by atoms with Gasteiger partial charge < -0.3 is 14.8 Å². The van der Waals surface area contributed by atoms with Gasteiger partial charge in [-0.3, -0.25) is 0 Å². The van der Waals surface area contributed by atoms with Crippen LogP contribution in [0.3, 0.4) is 0 Å². The van der Waals surface area contributed by atoms with Crippen molar-refractivity contribution in [2.45, 2.75) is 36.7 Å². The highest BCUT2D eigenvalue weighted by Crippen LogP contribution is 2.39. The van der Waals surface area contributed by atoms with E-state index in [0.717, 1.165) is 18.4 Å². The van der Waals surface area contributed by atoms with E-state index in [2.05, 4.69) is 9.72 Å². The van der Waals surface area contributed by atoms with E-state index in [1.165, 1.54) is 6.07 Å². The molecule has 0 bridgehead atoms. The van der Waals surface area contributed by atoms with Crippen molar-refractivity contribution in [2.75, 3.05) is 12.4 Å². The Bertz CT molecular complexity index is 1520. The number of aliphatic hydroxyl groups excluding tert-OH is 1. The van der Waals surface area contributed by atoms with Crippen molar-refractivity contribution in [2.24, 2.45) is 5.92 Å². The predicted molar refractivity (Wildman–Crippen MR) is 138 cm³/mol. The molecule has 0 spiro atoms. The van der Waals surface area contributed by atoms with Crippen LogP contribution in [0.25, 0.3) is 22.2 Å². The lowest BCUT2D eigenvalue weighted by atomic mass is 9.95. The molecule has 0 amide bonds. The monoisotopic (exact) mass is 546 g/mol. The topological polar surface area (TPSA) is 92.3 Å². The summed E-state index contributed by atoms with van der Waals surface area (Å²) in [6.07, 6.45) is 2.27. The van der Waals surface area contributed by atoms with Crippen molar-refractivity contribution in [3.05, 3.63) is 77.1 Å². The number of halogens is 3. The number of fused-ring (bicyclic) bond motifs is 1. The first-order valence-electron chi connectivity index (χ1n) is 11.9. The Hall–Kier alpha value is -3.01. The summed E-state index contributed by atoms with van der Waals surface area (Å²) in [7, 11) is -3.33. The highest BCUT2D eigenvalue weighted by Gasteiger charge is 2.29. The highest BCUT2D eigenvalue weighted by atomic mass is 35.5. The fourth-order valence-electron chi connectivity index (χ4n) is 4.50. The SMILES string of the molecule is O=S(=O)(CC1CC1)c1ccc([C@@H](CCO)c2nc3cc(-c4ccccc4OC(F)F)c(Cl)cc3[nH]2)cc1. The number of hydrogen-bond donors (Lipinski definition) is 2.